The summed E-state index contributed by atoms with van der Waals surface area (Å²) in [5.74, 6) is -0.212. The molecule has 2 rings (SSSR count). The molecule has 1 aromatic rings. The van der Waals surface area contributed by atoms with Crippen LogP contribution in [0.4, 0.5) is 5.69 Å². The fourth-order valence-corrected chi connectivity index (χ4v) is 2.68. The number of esters is 1. The average Bonchev–Trinajstić information content (AvgIpc) is 2.70. The SMILES string of the molecule is CCC(=CCN1CCCCc2ccccc21)C(=O)OC. The van der Waals surface area contributed by atoms with Gasteiger partial charge in [0.2, 0.25) is 0 Å². The number of carbonyl (C=O) groups excluding carboxylic acids is 1. The Morgan fingerprint density at radius 3 is 2.90 bits per heavy atom. The van der Waals surface area contributed by atoms with E-state index in [1.807, 2.05) is 13.0 Å². The standard InChI is InChI=1S/C17H23NO2/c1-3-14(17(19)20-2)11-13-18-12-7-6-9-15-8-4-5-10-16(15)18/h4-5,8,10-11H,3,6-7,9,12-13H2,1-2H3. The minimum atomic E-state index is -0.212. The first-order valence-corrected chi connectivity index (χ1v) is 7.36. The summed E-state index contributed by atoms with van der Waals surface area (Å²) in [6, 6.07) is 8.57. The van der Waals surface area contributed by atoms with Gasteiger partial charge in [-0.2, -0.15) is 0 Å². The number of fused-ring (bicyclic) bond motifs is 1. The predicted molar refractivity (Wildman–Crippen MR) is 82.0 cm³/mol. The third kappa shape index (κ3) is 3.41. The molecule has 0 saturated carbocycles. The Balaban J connectivity index is 2.16. The number of anilines is 1. The smallest absolute Gasteiger partial charge is 0.333 e. The van der Waals surface area contributed by atoms with Crippen LogP contribution in [0.2, 0.25) is 0 Å². The van der Waals surface area contributed by atoms with E-state index >= 15 is 0 Å². The zero-order valence-electron chi connectivity index (χ0n) is 12.4. The number of hydrogen-bond donors (Lipinski definition) is 0. The largest absolute Gasteiger partial charge is 0.466 e. The zero-order chi connectivity index (χ0) is 14.4. The summed E-state index contributed by atoms with van der Waals surface area (Å²) < 4.78 is 4.81. The van der Waals surface area contributed by atoms with Crippen LogP contribution in [0.15, 0.2) is 35.9 Å². The molecule has 0 atom stereocenters. The first-order chi connectivity index (χ1) is 9.76. The van der Waals surface area contributed by atoms with Crippen molar-refractivity contribution < 1.29 is 9.53 Å². The van der Waals surface area contributed by atoms with Crippen molar-refractivity contribution in [3.63, 3.8) is 0 Å². The van der Waals surface area contributed by atoms with Gasteiger partial charge in [0, 0.05) is 24.4 Å². The van der Waals surface area contributed by atoms with Gasteiger partial charge in [-0.05, 0) is 37.3 Å². The molecule has 0 N–H and O–H groups in total. The van der Waals surface area contributed by atoms with Crippen LogP contribution in [-0.2, 0) is 16.0 Å². The van der Waals surface area contributed by atoms with E-state index < -0.39 is 0 Å². The molecule has 108 valence electrons. The molecule has 0 fully saturated rings. The molecule has 0 amide bonds. The fourth-order valence-electron chi connectivity index (χ4n) is 2.68. The van der Waals surface area contributed by atoms with Gasteiger partial charge >= 0.3 is 5.97 Å². The van der Waals surface area contributed by atoms with Crippen molar-refractivity contribution in [1.29, 1.82) is 0 Å². The number of para-hydroxylation sites is 1. The number of hydrogen-bond acceptors (Lipinski definition) is 3. The van der Waals surface area contributed by atoms with Gasteiger partial charge in [-0.1, -0.05) is 31.2 Å². The molecule has 1 aromatic carbocycles. The van der Waals surface area contributed by atoms with Crippen molar-refractivity contribution in [2.75, 3.05) is 25.1 Å². The molecule has 0 radical (unpaired) electrons. The van der Waals surface area contributed by atoms with Crippen molar-refractivity contribution in [1.82, 2.24) is 0 Å². The summed E-state index contributed by atoms with van der Waals surface area (Å²) in [6.45, 7) is 3.81. The lowest BCUT2D eigenvalue weighted by Gasteiger charge is -2.23. The summed E-state index contributed by atoms with van der Waals surface area (Å²) in [6.07, 6.45) is 6.29. The van der Waals surface area contributed by atoms with Crippen LogP contribution in [0.5, 0.6) is 0 Å². The van der Waals surface area contributed by atoms with Crippen LogP contribution in [0.1, 0.15) is 31.7 Å². The minimum absolute atomic E-state index is 0.212. The lowest BCUT2D eigenvalue weighted by Crippen LogP contribution is -2.24. The van der Waals surface area contributed by atoms with Gasteiger partial charge < -0.3 is 9.64 Å². The summed E-state index contributed by atoms with van der Waals surface area (Å²) in [5.41, 5.74) is 3.48. The maximum Gasteiger partial charge on any atom is 0.333 e. The van der Waals surface area contributed by atoms with E-state index in [1.165, 1.54) is 31.2 Å². The molecule has 1 aliphatic heterocycles. The minimum Gasteiger partial charge on any atom is -0.466 e. The van der Waals surface area contributed by atoms with Gasteiger partial charge in [0.15, 0.2) is 0 Å². The van der Waals surface area contributed by atoms with Crippen LogP contribution >= 0.6 is 0 Å². The predicted octanol–water partition coefficient (Wildman–Crippen LogP) is 3.34. The first-order valence-electron chi connectivity index (χ1n) is 7.36. The molecule has 0 spiro atoms. The van der Waals surface area contributed by atoms with Crippen molar-refractivity contribution in [2.45, 2.75) is 32.6 Å². The summed E-state index contributed by atoms with van der Waals surface area (Å²) in [5, 5.41) is 0. The van der Waals surface area contributed by atoms with Gasteiger partial charge in [0.25, 0.3) is 0 Å². The highest BCUT2D eigenvalue weighted by molar-refractivity contribution is 5.88. The molecule has 0 aromatic heterocycles. The third-order valence-electron chi connectivity index (χ3n) is 3.84. The third-order valence-corrected chi connectivity index (χ3v) is 3.84. The Hall–Kier alpha value is -1.77. The van der Waals surface area contributed by atoms with E-state index in [1.54, 1.807) is 0 Å². The lowest BCUT2D eigenvalue weighted by atomic mass is 10.1. The second-order valence-corrected chi connectivity index (χ2v) is 5.11. The number of nitrogens with zero attached hydrogens (tertiary/aromatic N) is 1. The molecule has 0 aliphatic carbocycles. The quantitative estimate of drug-likeness (QED) is 0.622. The number of aryl methyl sites for hydroxylation is 1. The number of benzene rings is 1. The zero-order valence-corrected chi connectivity index (χ0v) is 12.4. The fraction of sp³-hybridized carbons (Fsp3) is 0.471. The Bertz CT molecular complexity index is 494. The van der Waals surface area contributed by atoms with E-state index in [0.29, 0.717) is 6.42 Å². The molecule has 0 unspecified atom stereocenters. The molecular weight excluding hydrogens is 250 g/mol. The van der Waals surface area contributed by atoms with Crippen molar-refractivity contribution >= 4 is 11.7 Å². The van der Waals surface area contributed by atoms with Gasteiger partial charge in [-0.25, -0.2) is 4.79 Å². The average molecular weight is 273 g/mol. The van der Waals surface area contributed by atoms with E-state index in [4.69, 9.17) is 4.74 Å². The molecule has 3 heteroatoms. The van der Waals surface area contributed by atoms with Crippen LogP contribution in [0.25, 0.3) is 0 Å². The second-order valence-electron chi connectivity index (χ2n) is 5.11. The first kappa shape index (κ1) is 14.6. The number of ether oxygens (including phenoxy) is 1. The topological polar surface area (TPSA) is 29.5 Å². The summed E-state index contributed by atoms with van der Waals surface area (Å²) >= 11 is 0. The van der Waals surface area contributed by atoms with Crippen molar-refractivity contribution in [3.8, 4) is 0 Å². The van der Waals surface area contributed by atoms with Crippen LogP contribution < -0.4 is 4.90 Å². The Morgan fingerprint density at radius 1 is 1.35 bits per heavy atom. The number of carbonyl (C=O) groups is 1. The molecule has 1 aliphatic rings. The molecular formula is C17H23NO2. The van der Waals surface area contributed by atoms with E-state index in [2.05, 4.69) is 29.2 Å². The molecule has 0 bridgehead atoms. The lowest BCUT2D eigenvalue weighted by molar-refractivity contribution is -0.136. The Labute approximate surface area is 121 Å². The summed E-state index contributed by atoms with van der Waals surface area (Å²) in [7, 11) is 1.44. The van der Waals surface area contributed by atoms with E-state index in [0.717, 1.165) is 25.1 Å². The second kappa shape index (κ2) is 7.13. The maximum absolute atomic E-state index is 11.6. The van der Waals surface area contributed by atoms with E-state index in [-0.39, 0.29) is 5.97 Å². The van der Waals surface area contributed by atoms with Crippen molar-refractivity contribution in [3.05, 3.63) is 41.5 Å². The number of rotatable bonds is 4. The van der Waals surface area contributed by atoms with E-state index in [9.17, 15) is 4.79 Å². The molecule has 20 heavy (non-hydrogen) atoms. The monoisotopic (exact) mass is 273 g/mol. The normalized spacial score (nSPS) is 15.5. The van der Waals surface area contributed by atoms with Gasteiger partial charge in [-0.3, -0.25) is 0 Å². The molecule has 1 heterocycles. The van der Waals surface area contributed by atoms with Gasteiger partial charge in [-0.15, -0.1) is 0 Å². The Kier molecular flexibility index (Phi) is 5.22. The van der Waals surface area contributed by atoms with Crippen LogP contribution in [-0.4, -0.2) is 26.2 Å². The molecule has 3 nitrogen and oxygen atoms in total. The molecule has 0 saturated heterocycles. The number of methoxy groups -OCH3 is 1. The highest BCUT2D eigenvalue weighted by Crippen LogP contribution is 2.26. The van der Waals surface area contributed by atoms with Gasteiger partial charge in [0.05, 0.1) is 7.11 Å². The van der Waals surface area contributed by atoms with Crippen LogP contribution in [0, 0.1) is 0 Å². The summed E-state index contributed by atoms with van der Waals surface area (Å²) in [4.78, 5) is 14.0. The highest BCUT2D eigenvalue weighted by Gasteiger charge is 2.14. The Morgan fingerprint density at radius 2 is 2.15 bits per heavy atom. The van der Waals surface area contributed by atoms with Crippen LogP contribution in [0.3, 0.4) is 0 Å². The maximum atomic E-state index is 11.6. The van der Waals surface area contributed by atoms with Gasteiger partial charge in [0.1, 0.15) is 0 Å². The van der Waals surface area contributed by atoms with Crippen molar-refractivity contribution in [2.24, 2.45) is 0 Å². The highest BCUT2D eigenvalue weighted by atomic mass is 16.5.